The normalized spacial score (nSPS) is 10.2. The molecule has 1 aromatic carbocycles. The molecule has 0 aliphatic heterocycles. The Hall–Kier alpha value is -2.76. The summed E-state index contributed by atoms with van der Waals surface area (Å²) in [5, 5.41) is 10.5. The van der Waals surface area contributed by atoms with Gasteiger partial charge in [-0.15, -0.1) is 0 Å². The Morgan fingerprint density at radius 1 is 1.24 bits per heavy atom. The second-order valence-electron chi connectivity index (χ2n) is 4.50. The maximum Gasteiger partial charge on any atom is 0.322 e. The summed E-state index contributed by atoms with van der Waals surface area (Å²) < 4.78 is 13.9. The van der Waals surface area contributed by atoms with E-state index in [4.69, 9.17) is 5.11 Å². The first-order valence-electron chi connectivity index (χ1n) is 6.20. The molecule has 0 saturated carbocycles. The predicted octanol–water partition coefficient (Wildman–Crippen LogP) is 2.01. The molecular formula is C15H13FN2O3. The Kier molecular flexibility index (Phi) is 4.27. The van der Waals surface area contributed by atoms with Crippen molar-refractivity contribution in [3.63, 3.8) is 0 Å². The van der Waals surface area contributed by atoms with Crippen LogP contribution in [-0.2, 0) is 4.79 Å². The zero-order valence-electron chi connectivity index (χ0n) is 11.3. The summed E-state index contributed by atoms with van der Waals surface area (Å²) in [4.78, 5) is 25.7. The molecule has 2 N–H and O–H groups in total. The highest BCUT2D eigenvalue weighted by Crippen LogP contribution is 2.20. The molecule has 0 atom stereocenters. The van der Waals surface area contributed by atoms with Crippen LogP contribution in [0, 0.1) is 12.7 Å². The van der Waals surface area contributed by atoms with Crippen LogP contribution in [0.5, 0.6) is 0 Å². The van der Waals surface area contributed by atoms with Gasteiger partial charge in [0.05, 0.1) is 0 Å². The molecule has 2 aromatic rings. The van der Waals surface area contributed by atoms with Crippen molar-refractivity contribution in [1.29, 1.82) is 0 Å². The van der Waals surface area contributed by atoms with E-state index in [1.54, 1.807) is 0 Å². The number of carboxylic acid groups (broad SMARTS) is 1. The van der Waals surface area contributed by atoms with Crippen molar-refractivity contribution in [3.05, 3.63) is 53.6 Å². The molecule has 1 amide bonds. The van der Waals surface area contributed by atoms with Gasteiger partial charge >= 0.3 is 5.97 Å². The zero-order chi connectivity index (χ0) is 15.4. The van der Waals surface area contributed by atoms with Gasteiger partial charge in [-0.1, -0.05) is 29.8 Å². The van der Waals surface area contributed by atoms with Crippen LogP contribution in [0.25, 0.3) is 11.1 Å². The second kappa shape index (κ2) is 6.13. The van der Waals surface area contributed by atoms with Gasteiger partial charge in [-0.25, -0.2) is 9.37 Å². The third-order valence-corrected chi connectivity index (χ3v) is 2.84. The molecule has 6 heteroatoms. The molecule has 21 heavy (non-hydrogen) atoms. The van der Waals surface area contributed by atoms with Crippen LogP contribution in [0.3, 0.4) is 0 Å². The molecule has 0 aliphatic rings. The summed E-state index contributed by atoms with van der Waals surface area (Å²) in [6.45, 7) is 1.36. The average Bonchev–Trinajstić information content (AvgIpc) is 2.45. The fourth-order valence-corrected chi connectivity index (χ4v) is 1.75. The van der Waals surface area contributed by atoms with Crippen LogP contribution >= 0.6 is 0 Å². The van der Waals surface area contributed by atoms with E-state index in [1.807, 2.05) is 31.2 Å². The van der Waals surface area contributed by atoms with Crippen molar-refractivity contribution in [2.75, 3.05) is 6.54 Å². The maximum absolute atomic E-state index is 13.9. The van der Waals surface area contributed by atoms with Gasteiger partial charge in [0.2, 0.25) is 0 Å². The summed E-state index contributed by atoms with van der Waals surface area (Å²) >= 11 is 0. The third-order valence-electron chi connectivity index (χ3n) is 2.84. The lowest BCUT2D eigenvalue weighted by atomic mass is 10.1. The van der Waals surface area contributed by atoms with E-state index in [0.29, 0.717) is 5.56 Å². The first-order valence-corrected chi connectivity index (χ1v) is 6.20. The Morgan fingerprint density at radius 3 is 2.48 bits per heavy atom. The van der Waals surface area contributed by atoms with E-state index in [-0.39, 0.29) is 0 Å². The first kappa shape index (κ1) is 14.6. The lowest BCUT2D eigenvalue weighted by molar-refractivity contribution is -0.135. The summed E-state index contributed by atoms with van der Waals surface area (Å²) in [6, 6.07) is 8.64. The fourth-order valence-electron chi connectivity index (χ4n) is 1.75. The Morgan fingerprint density at radius 2 is 1.90 bits per heavy atom. The summed E-state index contributed by atoms with van der Waals surface area (Å²) in [5.74, 6) is -2.86. The number of amides is 1. The number of carboxylic acids is 1. The van der Waals surface area contributed by atoms with Crippen molar-refractivity contribution in [2.24, 2.45) is 0 Å². The largest absolute Gasteiger partial charge is 0.480 e. The Balaban J connectivity index is 2.23. The molecule has 0 aliphatic carbocycles. The summed E-state index contributed by atoms with van der Waals surface area (Å²) in [7, 11) is 0. The number of nitrogens with zero attached hydrogens (tertiary/aromatic N) is 1. The van der Waals surface area contributed by atoms with Crippen LogP contribution in [-0.4, -0.2) is 28.5 Å². The van der Waals surface area contributed by atoms with Gasteiger partial charge < -0.3 is 10.4 Å². The first-order chi connectivity index (χ1) is 9.97. The fraction of sp³-hybridized carbons (Fsp3) is 0.133. The second-order valence-corrected chi connectivity index (χ2v) is 4.50. The number of nitrogens with one attached hydrogen (secondary N) is 1. The maximum atomic E-state index is 13.9. The minimum Gasteiger partial charge on any atom is -0.480 e. The number of carbonyl (C=O) groups is 2. The molecule has 1 aromatic heterocycles. The molecular weight excluding hydrogens is 275 g/mol. The zero-order valence-corrected chi connectivity index (χ0v) is 11.3. The van der Waals surface area contributed by atoms with E-state index in [9.17, 15) is 14.0 Å². The van der Waals surface area contributed by atoms with Crippen LogP contribution in [0.1, 0.15) is 16.1 Å². The molecule has 0 radical (unpaired) electrons. The lowest BCUT2D eigenvalue weighted by Gasteiger charge is -2.06. The number of pyridine rings is 1. The number of aliphatic carboxylic acids is 1. The molecule has 0 spiro atoms. The lowest BCUT2D eigenvalue weighted by Crippen LogP contribution is -2.30. The predicted molar refractivity (Wildman–Crippen MR) is 74.3 cm³/mol. The van der Waals surface area contributed by atoms with E-state index in [2.05, 4.69) is 10.3 Å². The number of rotatable bonds is 4. The monoisotopic (exact) mass is 288 g/mol. The molecule has 0 unspecified atom stereocenters. The summed E-state index contributed by atoms with van der Waals surface area (Å²) in [6.07, 6.45) is 1.38. The van der Waals surface area contributed by atoms with E-state index in [1.165, 1.54) is 12.3 Å². The van der Waals surface area contributed by atoms with Crippen LogP contribution in [0.4, 0.5) is 4.39 Å². The van der Waals surface area contributed by atoms with Gasteiger partial charge in [0, 0.05) is 11.8 Å². The SMILES string of the molecule is Cc1ccc(-c2cnc(C(=O)NCC(=O)O)c(F)c2)cc1. The van der Waals surface area contributed by atoms with Gasteiger partial charge in [-0.05, 0) is 18.6 Å². The Bertz CT molecular complexity index is 684. The molecule has 0 bridgehead atoms. The van der Waals surface area contributed by atoms with E-state index >= 15 is 0 Å². The highest BCUT2D eigenvalue weighted by molar-refractivity contribution is 5.94. The molecule has 0 saturated heterocycles. The number of hydrogen-bond donors (Lipinski definition) is 2. The van der Waals surface area contributed by atoms with E-state index in [0.717, 1.165) is 11.1 Å². The van der Waals surface area contributed by atoms with Gasteiger partial charge in [-0.2, -0.15) is 0 Å². The number of carbonyl (C=O) groups excluding carboxylic acids is 1. The van der Waals surface area contributed by atoms with Crippen molar-refractivity contribution in [1.82, 2.24) is 10.3 Å². The molecule has 2 rings (SSSR count). The van der Waals surface area contributed by atoms with Crippen molar-refractivity contribution in [2.45, 2.75) is 6.92 Å². The smallest absolute Gasteiger partial charge is 0.322 e. The topological polar surface area (TPSA) is 79.3 Å². The quantitative estimate of drug-likeness (QED) is 0.902. The van der Waals surface area contributed by atoms with Crippen molar-refractivity contribution < 1.29 is 19.1 Å². The molecule has 1 heterocycles. The minimum absolute atomic E-state index is 0.424. The van der Waals surface area contributed by atoms with Crippen LogP contribution in [0.15, 0.2) is 36.5 Å². The van der Waals surface area contributed by atoms with Crippen molar-refractivity contribution >= 4 is 11.9 Å². The number of halogens is 1. The summed E-state index contributed by atoms with van der Waals surface area (Å²) in [5.41, 5.74) is 1.98. The average molecular weight is 288 g/mol. The van der Waals surface area contributed by atoms with E-state index < -0.39 is 29.9 Å². The van der Waals surface area contributed by atoms with Gasteiger partial charge in [0.15, 0.2) is 11.5 Å². The highest BCUT2D eigenvalue weighted by atomic mass is 19.1. The molecule has 0 fully saturated rings. The minimum atomic E-state index is -1.21. The number of hydrogen-bond acceptors (Lipinski definition) is 3. The van der Waals surface area contributed by atoms with Crippen LogP contribution in [0.2, 0.25) is 0 Å². The van der Waals surface area contributed by atoms with Gasteiger partial charge in [-0.3, -0.25) is 9.59 Å². The molecule has 108 valence electrons. The van der Waals surface area contributed by atoms with Gasteiger partial charge in [0.1, 0.15) is 6.54 Å². The highest BCUT2D eigenvalue weighted by Gasteiger charge is 2.15. The standard InChI is InChI=1S/C15H13FN2O3/c1-9-2-4-10(5-3-9)11-6-12(16)14(17-7-11)15(21)18-8-13(19)20/h2-7H,8H2,1H3,(H,18,21)(H,19,20). The van der Waals surface area contributed by atoms with Gasteiger partial charge in [0.25, 0.3) is 5.91 Å². The number of aromatic nitrogens is 1. The Labute approximate surface area is 120 Å². The number of benzene rings is 1. The molecule has 5 nitrogen and oxygen atoms in total. The third kappa shape index (κ3) is 3.62. The van der Waals surface area contributed by atoms with Crippen LogP contribution < -0.4 is 5.32 Å². The van der Waals surface area contributed by atoms with Crippen molar-refractivity contribution in [3.8, 4) is 11.1 Å². The number of aryl methyl sites for hydroxylation is 1.